The van der Waals surface area contributed by atoms with Crippen LogP contribution < -0.4 is 14.5 Å². The summed E-state index contributed by atoms with van der Waals surface area (Å²) in [7, 11) is 1.56. The lowest BCUT2D eigenvalue weighted by atomic mass is 10.1. The normalized spacial score (nSPS) is 18.6. The number of rotatable bonds is 4. The molecular formula is C25H30FN7O2S. The average molecular weight is 512 g/mol. The largest absolute Gasteiger partial charge is 0.467 e. The van der Waals surface area contributed by atoms with Gasteiger partial charge in [0.25, 0.3) is 5.91 Å². The number of aromatic nitrogens is 4. The van der Waals surface area contributed by atoms with E-state index < -0.39 is 11.7 Å². The number of H-pyrrole nitrogens is 1. The summed E-state index contributed by atoms with van der Waals surface area (Å²) in [5.41, 5.74) is 5.32. The van der Waals surface area contributed by atoms with Gasteiger partial charge >= 0.3 is 6.01 Å². The Labute approximate surface area is 214 Å². The van der Waals surface area contributed by atoms with Crippen LogP contribution in [0.5, 0.6) is 6.01 Å². The topological polar surface area (TPSA) is 90.5 Å². The summed E-state index contributed by atoms with van der Waals surface area (Å²) >= 11 is 4.68. The van der Waals surface area contributed by atoms with Gasteiger partial charge in [0.05, 0.1) is 36.7 Å². The molecule has 2 aromatic heterocycles. The standard InChI is InChI=1S/C25H30FN7O2S/c1-15-6-7-20-19(11-27-30-20)22(15)31-8-4-5-18-21(14-31)28-25(35-3)29-23(18)32-9-10-33(13-17(36)12-32)24(34)16(2)26/h6-7,11,17,36H,2,4-5,8-10,12-14H2,1,3H3,(H,27,30)/t17-/m0/s1. The highest BCUT2D eigenvalue weighted by molar-refractivity contribution is 7.81. The van der Waals surface area contributed by atoms with Gasteiger partial charge in [-0.1, -0.05) is 12.6 Å². The molecule has 0 bridgehead atoms. The third-order valence-electron chi connectivity index (χ3n) is 6.86. The third-order valence-corrected chi connectivity index (χ3v) is 7.19. The molecule has 1 amide bonds. The number of fused-ring (bicyclic) bond motifs is 2. The fraction of sp³-hybridized carbons (Fsp3) is 0.440. The Morgan fingerprint density at radius 1 is 1.22 bits per heavy atom. The Kier molecular flexibility index (Phi) is 6.74. The number of nitrogens with zero attached hydrogens (tertiary/aromatic N) is 6. The van der Waals surface area contributed by atoms with E-state index >= 15 is 0 Å². The van der Waals surface area contributed by atoms with Gasteiger partial charge in [-0.25, -0.2) is 4.39 Å². The lowest BCUT2D eigenvalue weighted by molar-refractivity contribution is -0.128. The Bertz CT molecular complexity index is 1310. The van der Waals surface area contributed by atoms with Crippen molar-refractivity contribution < 1.29 is 13.9 Å². The molecule has 0 saturated carbocycles. The van der Waals surface area contributed by atoms with Gasteiger partial charge in [0.2, 0.25) is 0 Å². The molecule has 4 heterocycles. The summed E-state index contributed by atoms with van der Waals surface area (Å²) in [6, 6.07) is 4.46. The molecule has 0 radical (unpaired) electrons. The van der Waals surface area contributed by atoms with Crippen LogP contribution in [0.25, 0.3) is 10.9 Å². The highest BCUT2D eigenvalue weighted by atomic mass is 32.1. The fourth-order valence-corrected chi connectivity index (χ4v) is 5.60. The summed E-state index contributed by atoms with van der Waals surface area (Å²) in [6.45, 7) is 8.51. The molecule has 9 nitrogen and oxygen atoms in total. The Hall–Kier alpha value is -3.34. The van der Waals surface area contributed by atoms with Crippen LogP contribution in [-0.4, -0.2) is 76.1 Å². The van der Waals surface area contributed by atoms with E-state index in [0.717, 1.165) is 53.1 Å². The molecule has 1 fully saturated rings. The van der Waals surface area contributed by atoms with Gasteiger partial charge in [-0.15, -0.1) is 0 Å². The molecule has 1 saturated heterocycles. The van der Waals surface area contributed by atoms with Gasteiger partial charge in [0.1, 0.15) is 5.82 Å². The number of methoxy groups -OCH3 is 1. The van der Waals surface area contributed by atoms with Crippen LogP contribution in [0, 0.1) is 6.92 Å². The number of thiol groups is 1. The van der Waals surface area contributed by atoms with E-state index in [0.29, 0.717) is 38.7 Å². The average Bonchev–Trinajstić information content (AvgIpc) is 3.11. The molecule has 0 aliphatic carbocycles. The highest BCUT2D eigenvalue weighted by Crippen LogP contribution is 2.35. The molecule has 2 aliphatic heterocycles. The second kappa shape index (κ2) is 9.96. The number of benzene rings is 1. The molecule has 1 N–H and O–H groups in total. The van der Waals surface area contributed by atoms with Crippen molar-refractivity contribution in [2.24, 2.45) is 0 Å². The van der Waals surface area contributed by atoms with E-state index in [1.807, 2.05) is 6.20 Å². The first kappa shape index (κ1) is 24.4. The number of hydrogen-bond donors (Lipinski definition) is 2. The van der Waals surface area contributed by atoms with Crippen LogP contribution in [0.2, 0.25) is 0 Å². The SMILES string of the molecule is C=C(F)C(=O)N1CCN(c2nc(OC)nc3c2CCCN(c2c(C)ccc4[nH]ncc24)C3)C[C@H](S)C1. The molecule has 2 aliphatic rings. The van der Waals surface area contributed by atoms with E-state index in [-0.39, 0.29) is 5.25 Å². The zero-order valence-corrected chi connectivity index (χ0v) is 21.4. The lowest BCUT2D eigenvalue weighted by Gasteiger charge is -2.27. The van der Waals surface area contributed by atoms with E-state index in [1.54, 1.807) is 7.11 Å². The first-order chi connectivity index (χ1) is 17.4. The molecule has 1 atom stereocenters. The summed E-state index contributed by atoms with van der Waals surface area (Å²) in [5.74, 6) is -0.844. The predicted molar refractivity (Wildman–Crippen MR) is 141 cm³/mol. The second-order valence-electron chi connectivity index (χ2n) is 9.30. The van der Waals surface area contributed by atoms with Crippen LogP contribution >= 0.6 is 12.6 Å². The molecule has 0 unspecified atom stereocenters. The van der Waals surface area contributed by atoms with Crippen molar-refractivity contribution in [3.8, 4) is 6.01 Å². The van der Waals surface area contributed by atoms with Crippen LogP contribution in [0.3, 0.4) is 0 Å². The van der Waals surface area contributed by atoms with Crippen LogP contribution in [0.4, 0.5) is 15.9 Å². The maximum absolute atomic E-state index is 13.5. The quantitative estimate of drug-likeness (QED) is 0.411. The summed E-state index contributed by atoms with van der Waals surface area (Å²) in [6.07, 6.45) is 3.61. The number of amides is 1. The number of anilines is 2. The van der Waals surface area contributed by atoms with E-state index in [4.69, 9.17) is 14.7 Å². The number of ether oxygens (including phenoxy) is 1. The molecule has 3 aromatic rings. The Morgan fingerprint density at radius 3 is 2.83 bits per heavy atom. The first-order valence-corrected chi connectivity index (χ1v) is 12.6. The summed E-state index contributed by atoms with van der Waals surface area (Å²) < 4.78 is 19.0. The molecule has 1 aromatic carbocycles. The Balaban J connectivity index is 1.50. The summed E-state index contributed by atoms with van der Waals surface area (Å²) in [4.78, 5) is 27.7. The molecule has 11 heteroatoms. The van der Waals surface area contributed by atoms with Crippen LogP contribution in [0.1, 0.15) is 23.2 Å². The number of aromatic amines is 1. The van der Waals surface area contributed by atoms with E-state index in [9.17, 15) is 9.18 Å². The number of carbonyl (C=O) groups is 1. The monoisotopic (exact) mass is 511 g/mol. The van der Waals surface area contributed by atoms with Crippen molar-refractivity contribution in [1.29, 1.82) is 0 Å². The number of hydrogen-bond acceptors (Lipinski definition) is 8. The molecule has 0 spiro atoms. The maximum Gasteiger partial charge on any atom is 0.318 e. The van der Waals surface area contributed by atoms with E-state index in [2.05, 4.69) is 58.3 Å². The number of aryl methyl sites for hydroxylation is 1. The molecule has 190 valence electrons. The van der Waals surface area contributed by atoms with Crippen molar-refractivity contribution >= 4 is 40.9 Å². The Morgan fingerprint density at radius 2 is 2.06 bits per heavy atom. The van der Waals surface area contributed by atoms with Crippen molar-refractivity contribution in [3.05, 3.63) is 47.6 Å². The van der Waals surface area contributed by atoms with Crippen molar-refractivity contribution in [1.82, 2.24) is 25.1 Å². The van der Waals surface area contributed by atoms with Crippen molar-refractivity contribution in [2.75, 3.05) is 49.6 Å². The minimum absolute atomic E-state index is 0.170. The van der Waals surface area contributed by atoms with Crippen LogP contribution in [-0.2, 0) is 17.8 Å². The highest BCUT2D eigenvalue weighted by Gasteiger charge is 2.30. The fourth-order valence-electron chi connectivity index (χ4n) is 5.20. The van der Waals surface area contributed by atoms with Crippen LogP contribution in [0.15, 0.2) is 30.7 Å². The zero-order valence-electron chi connectivity index (χ0n) is 20.5. The van der Waals surface area contributed by atoms with Crippen molar-refractivity contribution in [3.63, 3.8) is 0 Å². The number of carbonyl (C=O) groups excluding carboxylic acids is 1. The van der Waals surface area contributed by atoms with Crippen molar-refractivity contribution in [2.45, 2.75) is 31.6 Å². The second-order valence-corrected chi connectivity index (χ2v) is 10.0. The molecule has 36 heavy (non-hydrogen) atoms. The van der Waals surface area contributed by atoms with Gasteiger partial charge in [-0.2, -0.15) is 27.7 Å². The molecular weight excluding hydrogens is 481 g/mol. The number of halogens is 1. The van der Waals surface area contributed by atoms with Gasteiger partial charge in [0.15, 0.2) is 5.83 Å². The van der Waals surface area contributed by atoms with Gasteiger partial charge in [-0.05, 0) is 31.4 Å². The first-order valence-electron chi connectivity index (χ1n) is 12.0. The minimum atomic E-state index is -0.954. The van der Waals surface area contributed by atoms with Gasteiger partial charge in [-0.3, -0.25) is 9.89 Å². The molecule has 5 rings (SSSR count). The zero-order chi connectivity index (χ0) is 25.4. The third kappa shape index (κ3) is 4.59. The summed E-state index contributed by atoms with van der Waals surface area (Å²) in [5, 5.41) is 8.23. The van der Waals surface area contributed by atoms with Gasteiger partial charge in [0, 0.05) is 48.9 Å². The minimum Gasteiger partial charge on any atom is -0.467 e. The maximum atomic E-state index is 13.5. The number of nitrogens with one attached hydrogen (secondary N) is 1. The predicted octanol–water partition coefficient (Wildman–Crippen LogP) is 3.05. The van der Waals surface area contributed by atoms with Gasteiger partial charge < -0.3 is 19.4 Å². The van der Waals surface area contributed by atoms with E-state index in [1.165, 1.54) is 10.5 Å². The smallest absolute Gasteiger partial charge is 0.318 e. The lowest BCUT2D eigenvalue weighted by Crippen LogP contribution is -2.36.